The van der Waals surface area contributed by atoms with Gasteiger partial charge in [-0.15, -0.1) is 12.3 Å². The van der Waals surface area contributed by atoms with Crippen molar-refractivity contribution in [1.82, 2.24) is 0 Å². The molecule has 0 aliphatic carbocycles. The molecule has 0 aromatic heterocycles. The van der Waals surface area contributed by atoms with Crippen LogP contribution in [0.15, 0.2) is 0 Å². The predicted octanol–water partition coefficient (Wildman–Crippen LogP) is 2.21. The van der Waals surface area contributed by atoms with Crippen molar-refractivity contribution in [2.24, 2.45) is 5.92 Å². The maximum Gasteiger partial charge on any atom is 0.390 e. The second-order valence-electron chi connectivity index (χ2n) is 1.89. The van der Waals surface area contributed by atoms with Crippen LogP contribution in [0, 0.1) is 18.3 Å². The summed E-state index contributed by atoms with van der Waals surface area (Å²) in [6.45, 7) is 1.37. The molecule has 0 saturated heterocycles. The van der Waals surface area contributed by atoms with E-state index in [9.17, 15) is 13.2 Å². The summed E-state index contributed by atoms with van der Waals surface area (Å²) in [6, 6.07) is 0. The Bertz CT molecular complexity index is 117. The van der Waals surface area contributed by atoms with Crippen molar-refractivity contribution < 1.29 is 13.2 Å². The predicted molar refractivity (Wildman–Crippen MR) is 28.7 cm³/mol. The summed E-state index contributed by atoms with van der Waals surface area (Å²) in [5.41, 5.74) is 0. The van der Waals surface area contributed by atoms with Crippen LogP contribution in [0.3, 0.4) is 0 Å². The average Bonchev–Trinajstić information content (AvgIpc) is 1.62. The molecule has 9 heavy (non-hydrogen) atoms. The van der Waals surface area contributed by atoms with Gasteiger partial charge in [-0.05, 0) is 0 Å². The van der Waals surface area contributed by atoms with Gasteiger partial charge in [0.1, 0.15) is 0 Å². The largest absolute Gasteiger partial charge is 0.390 e. The quantitative estimate of drug-likeness (QED) is 0.485. The topological polar surface area (TPSA) is 0 Å². The number of halogens is 3. The number of hydrogen-bond donors (Lipinski definition) is 0. The van der Waals surface area contributed by atoms with Crippen LogP contribution in [0.2, 0.25) is 0 Å². The van der Waals surface area contributed by atoms with Gasteiger partial charge < -0.3 is 0 Å². The zero-order chi connectivity index (χ0) is 7.49. The number of terminal acetylenes is 1. The van der Waals surface area contributed by atoms with Crippen LogP contribution in [-0.4, -0.2) is 6.18 Å². The molecule has 0 fully saturated rings. The molecule has 52 valence electrons. The summed E-state index contributed by atoms with van der Waals surface area (Å²) in [5.74, 6) is 1.30. The van der Waals surface area contributed by atoms with E-state index in [1.807, 2.05) is 5.92 Å². The molecule has 0 N–H and O–H groups in total. The van der Waals surface area contributed by atoms with Crippen molar-refractivity contribution in [3.63, 3.8) is 0 Å². The molecule has 0 saturated carbocycles. The molecule has 0 spiro atoms. The Kier molecular flexibility index (Phi) is 2.57. The second-order valence-corrected chi connectivity index (χ2v) is 1.89. The fraction of sp³-hybridized carbons (Fsp3) is 0.667. The lowest BCUT2D eigenvalue weighted by atomic mass is 10.1. The molecule has 3 heteroatoms. The van der Waals surface area contributed by atoms with Gasteiger partial charge in [-0.2, -0.15) is 13.2 Å². The van der Waals surface area contributed by atoms with Crippen molar-refractivity contribution in [2.45, 2.75) is 19.5 Å². The van der Waals surface area contributed by atoms with E-state index in [0.717, 1.165) is 0 Å². The van der Waals surface area contributed by atoms with Crippen LogP contribution in [0.25, 0.3) is 0 Å². The lowest BCUT2D eigenvalue weighted by Crippen LogP contribution is -2.11. The highest BCUT2D eigenvalue weighted by molar-refractivity contribution is 4.91. The maximum absolute atomic E-state index is 11.4. The first-order valence-corrected chi connectivity index (χ1v) is 2.48. The highest BCUT2D eigenvalue weighted by Gasteiger charge is 2.28. The molecular formula is C6H7F3. The lowest BCUT2D eigenvalue weighted by Gasteiger charge is -2.06. The highest BCUT2D eigenvalue weighted by atomic mass is 19.4. The van der Waals surface area contributed by atoms with Crippen LogP contribution in [0.1, 0.15) is 13.3 Å². The number of hydrogen-bond acceptors (Lipinski definition) is 0. The van der Waals surface area contributed by atoms with Crippen molar-refractivity contribution in [1.29, 1.82) is 0 Å². The van der Waals surface area contributed by atoms with Crippen molar-refractivity contribution in [3.05, 3.63) is 0 Å². The highest BCUT2D eigenvalue weighted by Crippen LogP contribution is 2.23. The second kappa shape index (κ2) is 2.77. The zero-order valence-corrected chi connectivity index (χ0v) is 5.00. The molecule has 0 heterocycles. The molecule has 0 rings (SSSR count). The third-order valence-electron chi connectivity index (χ3n) is 0.822. The first-order chi connectivity index (χ1) is 3.95. The summed E-state index contributed by atoms with van der Waals surface area (Å²) in [4.78, 5) is 0. The summed E-state index contributed by atoms with van der Waals surface area (Å²) in [6.07, 6.45) is -0.275. The fourth-order valence-corrected chi connectivity index (χ4v) is 0.406. The van der Waals surface area contributed by atoms with Crippen molar-refractivity contribution in [2.75, 3.05) is 0 Å². The van der Waals surface area contributed by atoms with Crippen LogP contribution in [0.5, 0.6) is 0 Å². The molecular weight excluding hydrogens is 129 g/mol. The summed E-state index contributed by atoms with van der Waals surface area (Å²) >= 11 is 0. The minimum absolute atomic E-state index is 0.704. The van der Waals surface area contributed by atoms with Gasteiger partial charge in [0.05, 0.1) is 6.42 Å². The van der Waals surface area contributed by atoms with E-state index < -0.39 is 18.5 Å². The van der Waals surface area contributed by atoms with E-state index in [2.05, 4.69) is 0 Å². The minimum atomic E-state index is -4.12. The lowest BCUT2D eigenvalue weighted by molar-refractivity contribution is -0.139. The first kappa shape index (κ1) is 8.35. The standard InChI is InChI=1S/C6H7F3/c1-3-5(2)4-6(7,8)9/h1,5H,4H2,2H3. The van der Waals surface area contributed by atoms with E-state index in [-0.39, 0.29) is 0 Å². The molecule has 1 unspecified atom stereocenters. The molecule has 0 nitrogen and oxygen atoms in total. The minimum Gasteiger partial charge on any atom is -0.171 e. The Labute approximate surface area is 52.1 Å². The normalized spacial score (nSPS) is 14.6. The third-order valence-corrected chi connectivity index (χ3v) is 0.822. The Morgan fingerprint density at radius 1 is 1.56 bits per heavy atom. The molecule has 0 aromatic rings. The molecule has 0 amide bonds. The van der Waals surface area contributed by atoms with Gasteiger partial charge in [0.15, 0.2) is 0 Å². The Hall–Kier alpha value is -0.650. The SMILES string of the molecule is C#CC(C)CC(F)(F)F. The van der Waals surface area contributed by atoms with Gasteiger partial charge in [-0.1, -0.05) is 6.92 Å². The maximum atomic E-state index is 11.4. The smallest absolute Gasteiger partial charge is 0.171 e. The molecule has 1 atom stereocenters. The van der Waals surface area contributed by atoms with E-state index in [4.69, 9.17) is 6.42 Å². The van der Waals surface area contributed by atoms with E-state index in [0.29, 0.717) is 0 Å². The van der Waals surface area contributed by atoms with Crippen LogP contribution < -0.4 is 0 Å². The molecule has 0 radical (unpaired) electrons. The summed E-state index contributed by atoms with van der Waals surface area (Å²) in [5, 5.41) is 0. The van der Waals surface area contributed by atoms with Gasteiger partial charge >= 0.3 is 6.18 Å². The van der Waals surface area contributed by atoms with Gasteiger partial charge in [0, 0.05) is 5.92 Å². The molecule has 0 aromatic carbocycles. The van der Waals surface area contributed by atoms with E-state index in [1.165, 1.54) is 6.92 Å². The van der Waals surface area contributed by atoms with Crippen LogP contribution in [-0.2, 0) is 0 Å². The molecule has 0 bridgehead atoms. The van der Waals surface area contributed by atoms with Crippen LogP contribution in [0.4, 0.5) is 13.2 Å². The van der Waals surface area contributed by atoms with E-state index >= 15 is 0 Å². The van der Waals surface area contributed by atoms with Gasteiger partial charge in [0.25, 0.3) is 0 Å². The summed E-state index contributed by atoms with van der Waals surface area (Å²) in [7, 11) is 0. The average molecular weight is 136 g/mol. The van der Waals surface area contributed by atoms with Crippen molar-refractivity contribution in [3.8, 4) is 12.3 Å². The van der Waals surface area contributed by atoms with Gasteiger partial charge in [-0.3, -0.25) is 0 Å². The van der Waals surface area contributed by atoms with E-state index in [1.54, 1.807) is 0 Å². The Morgan fingerprint density at radius 3 is 2.11 bits per heavy atom. The zero-order valence-electron chi connectivity index (χ0n) is 5.00. The monoisotopic (exact) mass is 136 g/mol. The van der Waals surface area contributed by atoms with Gasteiger partial charge in [-0.25, -0.2) is 0 Å². The summed E-state index contributed by atoms with van der Waals surface area (Å²) < 4.78 is 34.2. The molecule has 0 aliphatic heterocycles. The first-order valence-electron chi connectivity index (χ1n) is 2.48. The molecule has 0 aliphatic rings. The number of rotatable bonds is 1. The van der Waals surface area contributed by atoms with Crippen molar-refractivity contribution >= 4 is 0 Å². The fourth-order valence-electron chi connectivity index (χ4n) is 0.406. The van der Waals surface area contributed by atoms with Gasteiger partial charge in [0.2, 0.25) is 0 Å². The van der Waals surface area contributed by atoms with Crippen LogP contribution >= 0.6 is 0 Å². The Balaban J connectivity index is 3.63. The third kappa shape index (κ3) is 5.22. The Morgan fingerprint density at radius 2 is 2.00 bits per heavy atom. The number of alkyl halides is 3.